The molecule has 104 valence electrons. The van der Waals surface area contributed by atoms with Crippen molar-refractivity contribution in [2.45, 2.75) is 13.8 Å². The topological polar surface area (TPSA) is 23.6 Å². The van der Waals surface area contributed by atoms with E-state index < -0.39 is 5.82 Å². The molecule has 0 spiro atoms. The molecule has 0 aromatic heterocycles. The number of rotatable bonds is 2. The predicted molar refractivity (Wildman–Crippen MR) is 75.0 cm³/mol. The molecule has 0 aliphatic carbocycles. The molecule has 0 bridgehead atoms. The number of anilines is 1. The molecule has 1 amide bonds. The van der Waals surface area contributed by atoms with Gasteiger partial charge in [0.25, 0.3) is 0 Å². The van der Waals surface area contributed by atoms with Gasteiger partial charge in [0.1, 0.15) is 5.82 Å². The van der Waals surface area contributed by atoms with E-state index in [1.165, 1.54) is 6.07 Å². The third-order valence-electron chi connectivity index (χ3n) is 3.35. The molecule has 0 saturated carbocycles. The maximum absolute atomic E-state index is 13.1. The van der Waals surface area contributed by atoms with Gasteiger partial charge in [-0.25, -0.2) is 4.39 Å². The van der Waals surface area contributed by atoms with Crippen LogP contribution in [0.3, 0.4) is 0 Å². The van der Waals surface area contributed by atoms with Gasteiger partial charge in [-0.1, -0.05) is 25.4 Å². The lowest BCUT2D eigenvalue weighted by molar-refractivity contribution is -0.134. The highest BCUT2D eigenvalue weighted by molar-refractivity contribution is 6.31. The minimum absolute atomic E-state index is 0.0341. The lowest BCUT2D eigenvalue weighted by atomic mass is 10.1. The van der Waals surface area contributed by atoms with Crippen molar-refractivity contribution in [2.75, 3.05) is 31.1 Å². The first-order valence-electron chi connectivity index (χ1n) is 6.48. The van der Waals surface area contributed by atoms with Crippen molar-refractivity contribution in [3.8, 4) is 0 Å². The van der Waals surface area contributed by atoms with Crippen LogP contribution in [0.4, 0.5) is 10.1 Å². The van der Waals surface area contributed by atoms with E-state index in [0.29, 0.717) is 13.1 Å². The number of benzene rings is 1. The van der Waals surface area contributed by atoms with Gasteiger partial charge in [0, 0.05) is 37.8 Å². The van der Waals surface area contributed by atoms with Crippen molar-refractivity contribution < 1.29 is 9.18 Å². The minimum atomic E-state index is -0.404. The van der Waals surface area contributed by atoms with Crippen LogP contribution in [0.5, 0.6) is 0 Å². The van der Waals surface area contributed by atoms with Gasteiger partial charge in [-0.15, -0.1) is 0 Å². The number of amides is 1. The quantitative estimate of drug-likeness (QED) is 0.834. The zero-order valence-electron chi connectivity index (χ0n) is 11.2. The van der Waals surface area contributed by atoms with E-state index in [0.717, 1.165) is 18.8 Å². The second-order valence-electron chi connectivity index (χ2n) is 5.07. The summed E-state index contributed by atoms with van der Waals surface area (Å²) in [7, 11) is 0. The summed E-state index contributed by atoms with van der Waals surface area (Å²) in [5.74, 6) is -0.178. The lowest BCUT2D eigenvalue weighted by Crippen LogP contribution is -2.49. The molecule has 1 aliphatic rings. The molecule has 1 saturated heterocycles. The Bertz CT molecular complexity index is 471. The van der Waals surface area contributed by atoms with Gasteiger partial charge in [-0.05, 0) is 18.2 Å². The SMILES string of the molecule is CC(C)C(=O)N1CCN(c2ccc(F)c(Cl)c2)CC1. The first kappa shape index (κ1) is 14.1. The fourth-order valence-corrected chi connectivity index (χ4v) is 2.41. The Kier molecular flexibility index (Phi) is 4.30. The molecule has 1 aromatic carbocycles. The van der Waals surface area contributed by atoms with Gasteiger partial charge in [0.05, 0.1) is 5.02 Å². The molecule has 0 atom stereocenters. The van der Waals surface area contributed by atoms with E-state index in [1.807, 2.05) is 18.7 Å². The van der Waals surface area contributed by atoms with E-state index in [1.54, 1.807) is 12.1 Å². The molecule has 0 N–H and O–H groups in total. The van der Waals surface area contributed by atoms with Crippen LogP contribution in [0.15, 0.2) is 18.2 Å². The van der Waals surface area contributed by atoms with Crippen LogP contribution in [0, 0.1) is 11.7 Å². The number of carbonyl (C=O) groups excluding carboxylic acids is 1. The fraction of sp³-hybridized carbons (Fsp3) is 0.500. The molecular weight excluding hydrogens is 267 g/mol. The summed E-state index contributed by atoms with van der Waals surface area (Å²) in [5.41, 5.74) is 0.906. The minimum Gasteiger partial charge on any atom is -0.368 e. The summed E-state index contributed by atoms with van der Waals surface area (Å²) in [6.07, 6.45) is 0. The summed E-state index contributed by atoms with van der Waals surface area (Å²) in [6, 6.07) is 4.74. The molecular formula is C14H18ClFN2O. The Morgan fingerprint density at radius 1 is 1.26 bits per heavy atom. The molecule has 3 nitrogen and oxygen atoms in total. The monoisotopic (exact) mass is 284 g/mol. The van der Waals surface area contributed by atoms with E-state index >= 15 is 0 Å². The zero-order chi connectivity index (χ0) is 14.0. The lowest BCUT2D eigenvalue weighted by Gasteiger charge is -2.37. The van der Waals surface area contributed by atoms with Crippen molar-refractivity contribution in [2.24, 2.45) is 5.92 Å². The highest BCUT2D eigenvalue weighted by atomic mass is 35.5. The van der Waals surface area contributed by atoms with Crippen LogP contribution >= 0.6 is 11.6 Å². The van der Waals surface area contributed by atoms with E-state index in [9.17, 15) is 9.18 Å². The van der Waals surface area contributed by atoms with Gasteiger partial charge in [-0.3, -0.25) is 4.79 Å². The van der Waals surface area contributed by atoms with Gasteiger partial charge in [0.15, 0.2) is 0 Å². The summed E-state index contributed by atoms with van der Waals surface area (Å²) in [4.78, 5) is 15.9. The van der Waals surface area contributed by atoms with Crippen LogP contribution in [0.25, 0.3) is 0 Å². The normalized spacial score (nSPS) is 16.1. The third kappa shape index (κ3) is 3.18. The summed E-state index contributed by atoms with van der Waals surface area (Å²) >= 11 is 5.79. The zero-order valence-corrected chi connectivity index (χ0v) is 12.0. The first-order chi connectivity index (χ1) is 8.99. The number of carbonyl (C=O) groups is 1. The molecule has 1 aromatic rings. The number of hydrogen-bond donors (Lipinski definition) is 0. The maximum Gasteiger partial charge on any atom is 0.225 e. The van der Waals surface area contributed by atoms with Crippen LogP contribution in [-0.2, 0) is 4.79 Å². The van der Waals surface area contributed by atoms with Gasteiger partial charge in [-0.2, -0.15) is 0 Å². The Labute approximate surface area is 117 Å². The molecule has 0 radical (unpaired) electrons. The van der Waals surface area contributed by atoms with E-state index in [4.69, 9.17) is 11.6 Å². The molecule has 2 rings (SSSR count). The molecule has 1 heterocycles. The van der Waals surface area contributed by atoms with Crippen molar-refractivity contribution in [1.29, 1.82) is 0 Å². The van der Waals surface area contributed by atoms with Crippen molar-refractivity contribution in [3.63, 3.8) is 0 Å². The summed E-state index contributed by atoms with van der Waals surface area (Å²) < 4.78 is 13.1. The first-order valence-corrected chi connectivity index (χ1v) is 6.85. The Hall–Kier alpha value is -1.29. The average molecular weight is 285 g/mol. The maximum atomic E-state index is 13.1. The van der Waals surface area contributed by atoms with Crippen molar-refractivity contribution in [3.05, 3.63) is 29.0 Å². The number of nitrogens with zero attached hydrogens (tertiary/aromatic N) is 2. The number of halogens is 2. The predicted octanol–water partition coefficient (Wildman–Crippen LogP) is 2.78. The van der Waals surface area contributed by atoms with Crippen molar-refractivity contribution in [1.82, 2.24) is 4.90 Å². The summed E-state index contributed by atoms with van der Waals surface area (Å²) in [6.45, 7) is 6.72. The third-order valence-corrected chi connectivity index (χ3v) is 3.64. The van der Waals surface area contributed by atoms with Crippen LogP contribution in [0.2, 0.25) is 5.02 Å². The Morgan fingerprint density at radius 3 is 2.42 bits per heavy atom. The Morgan fingerprint density at radius 2 is 1.89 bits per heavy atom. The number of hydrogen-bond acceptors (Lipinski definition) is 2. The second kappa shape index (κ2) is 5.78. The smallest absolute Gasteiger partial charge is 0.225 e. The number of piperazine rings is 1. The average Bonchev–Trinajstić information content (AvgIpc) is 2.41. The van der Waals surface area contributed by atoms with Crippen molar-refractivity contribution >= 4 is 23.2 Å². The van der Waals surface area contributed by atoms with Gasteiger partial charge in [0.2, 0.25) is 5.91 Å². The standard InChI is InChI=1S/C14H18ClFN2O/c1-10(2)14(19)18-7-5-17(6-8-18)11-3-4-13(16)12(15)9-11/h3-4,9-10H,5-8H2,1-2H3. The van der Waals surface area contributed by atoms with Crippen LogP contribution in [-0.4, -0.2) is 37.0 Å². The molecule has 1 fully saturated rings. The molecule has 19 heavy (non-hydrogen) atoms. The Balaban J connectivity index is 2.00. The largest absolute Gasteiger partial charge is 0.368 e. The van der Waals surface area contributed by atoms with E-state index in [2.05, 4.69) is 4.90 Å². The summed E-state index contributed by atoms with van der Waals surface area (Å²) in [5, 5.41) is 0.137. The van der Waals surface area contributed by atoms with Crippen LogP contribution < -0.4 is 4.90 Å². The molecule has 5 heteroatoms. The van der Waals surface area contributed by atoms with Gasteiger partial charge >= 0.3 is 0 Å². The van der Waals surface area contributed by atoms with E-state index in [-0.39, 0.29) is 16.8 Å². The second-order valence-corrected chi connectivity index (χ2v) is 5.47. The molecule has 1 aliphatic heterocycles. The van der Waals surface area contributed by atoms with Gasteiger partial charge < -0.3 is 9.80 Å². The highest BCUT2D eigenvalue weighted by Crippen LogP contribution is 2.23. The van der Waals surface area contributed by atoms with Crippen LogP contribution in [0.1, 0.15) is 13.8 Å². The molecule has 0 unspecified atom stereocenters. The highest BCUT2D eigenvalue weighted by Gasteiger charge is 2.23. The fourth-order valence-electron chi connectivity index (χ4n) is 2.23.